The maximum absolute atomic E-state index is 12.8. The summed E-state index contributed by atoms with van der Waals surface area (Å²) in [5.74, 6) is -0.977. The van der Waals surface area contributed by atoms with E-state index in [1.807, 2.05) is 0 Å². The average Bonchev–Trinajstić information content (AvgIpc) is 2.86. The van der Waals surface area contributed by atoms with Crippen LogP contribution in [0, 0.1) is 0 Å². The van der Waals surface area contributed by atoms with E-state index in [0.29, 0.717) is 24.2 Å². The summed E-state index contributed by atoms with van der Waals surface area (Å²) in [7, 11) is 0. The first-order valence-corrected chi connectivity index (χ1v) is 6.15. The number of imide groups is 1. The van der Waals surface area contributed by atoms with Crippen molar-refractivity contribution in [3.05, 3.63) is 12.3 Å². The monoisotopic (exact) mass is 305 g/mol. The quantitative estimate of drug-likeness (QED) is 0.802. The van der Waals surface area contributed by atoms with E-state index in [1.165, 1.54) is 4.68 Å². The molecule has 2 heterocycles. The topological polar surface area (TPSA) is 93.2 Å². The minimum absolute atomic E-state index is 0.129. The van der Waals surface area contributed by atoms with Crippen LogP contribution in [-0.2, 0) is 11.3 Å². The summed E-state index contributed by atoms with van der Waals surface area (Å²) < 4.78 is 40.0. The molecule has 0 saturated carbocycles. The van der Waals surface area contributed by atoms with E-state index < -0.39 is 23.7 Å². The number of anilines is 1. The second-order valence-electron chi connectivity index (χ2n) is 4.87. The Hall–Kier alpha value is -2.26. The SMILES string of the molecule is CC1(C(F)(F)F)NC(=O)N(CCCn2ccc(N)n2)C1=O. The van der Waals surface area contributed by atoms with Crippen molar-refractivity contribution in [3.63, 3.8) is 0 Å². The lowest BCUT2D eigenvalue weighted by Crippen LogP contribution is -2.56. The van der Waals surface area contributed by atoms with Crippen LogP contribution in [0.4, 0.5) is 23.8 Å². The van der Waals surface area contributed by atoms with Crippen LogP contribution < -0.4 is 11.1 Å². The van der Waals surface area contributed by atoms with Crippen LogP contribution in [0.25, 0.3) is 0 Å². The predicted octanol–water partition coefficient (Wildman–Crippen LogP) is 0.728. The number of nitrogens with zero attached hydrogens (tertiary/aromatic N) is 3. The van der Waals surface area contributed by atoms with Gasteiger partial charge in [-0.15, -0.1) is 0 Å². The van der Waals surface area contributed by atoms with Gasteiger partial charge in [-0.1, -0.05) is 0 Å². The lowest BCUT2D eigenvalue weighted by atomic mass is 10.0. The van der Waals surface area contributed by atoms with Crippen molar-refractivity contribution in [1.82, 2.24) is 20.0 Å². The van der Waals surface area contributed by atoms with Crippen molar-refractivity contribution in [2.24, 2.45) is 0 Å². The summed E-state index contributed by atoms with van der Waals surface area (Å²) >= 11 is 0. The van der Waals surface area contributed by atoms with Gasteiger partial charge in [0, 0.05) is 19.3 Å². The number of nitrogens with two attached hydrogens (primary N) is 1. The molecule has 0 radical (unpaired) electrons. The first-order chi connectivity index (χ1) is 9.65. The lowest BCUT2D eigenvalue weighted by molar-refractivity contribution is -0.191. The predicted molar refractivity (Wildman–Crippen MR) is 66.0 cm³/mol. The van der Waals surface area contributed by atoms with Crippen LogP contribution in [0.5, 0.6) is 0 Å². The zero-order valence-corrected chi connectivity index (χ0v) is 11.1. The number of carbonyl (C=O) groups is 2. The second kappa shape index (κ2) is 4.93. The molecule has 116 valence electrons. The van der Waals surface area contributed by atoms with E-state index in [1.54, 1.807) is 17.6 Å². The Morgan fingerprint density at radius 2 is 2.05 bits per heavy atom. The Kier molecular flexibility index (Phi) is 3.56. The van der Waals surface area contributed by atoms with Gasteiger partial charge in [0.15, 0.2) is 0 Å². The number of nitrogens with one attached hydrogen (secondary N) is 1. The van der Waals surface area contributed by atoms with E-state index in [4.69, 9.17) is 5.73 Å². The maximum atomic E-state index is 12.8. The number of nitrogen functional groups attached to an aromatic ring is 1. The number of hydrogen-bond acceptors (Lipinski definition) is 4. The standard InChI is InChI=1S/C11H14F3N5O2/c1-10(11(12,13)14)8(20)19(9(21)16-10)5-2-4-18-6-3-7(15)17-18/h3,6H,2,4-5H2,1H3,(H2,15,17)(H,16,21). The van der Waals surface area contributed by atoms with Crippen molar-refractivity contribution in [2.45, 2.75) is 31.6 Å². The molecule has 1 aliphatic rings. The van der Waals surface area contributed by atoms with Crippen molar-refractivity contribution in [2.75, 3.05) is 12.3 Å². The third kappa shape index (κ3) is 2.65. The first kappa shape index (κ1) is 15.1. The molecule has 1 atom stereocenters. The molecule has 1 unspecified atom stereocenters. The molecule has 1 aromatic heterocycles. The molecule has 0 bridgehead atoms. The van der Waals surface area contributed by atoms with Gasteiger partial charge in [-0.25, -0.2) is 4.79 Å². The van der Waals surface area contributed by atoms with Crippen molar-refractivity contribution in [3.8, 4) is 0 Å². The Bertz CT molecular complexity index is 570. The minimum Gasteiger partial charge on any atom is -0.382 e. The Labute approximate surface area is 117 Å². The van der Waals surface area contributed by atoms with Gasteiger partial charge in [0.2, 0.25) is 5.54 Å². The molecule has 7 nitrogen and oxygen atoms in total. The Balaban J connectivity index is 1.98. The van der Waals surface area contributed by atoms with E-state index in [-0.39, 0.29) is 13.0 Å². The highest BCUT2D eigenvalue weighted by atomic mass is 19.4. The first-order valence-electron chi connectivity index (χ1n) is 6.15. The molecular formula is C11H14F3N5O2. The fourth-order valence-electron chi connectivity index (χ4n) is 1.98. The molecule has 1 saturated heterocycles. The van der Waals surface area contributed by atoms with Gasteiger partial charge < -0.3 is 11.1 Å². The molecule has 1 aliphatic heterocycles. The fourth-order valence-corrected chi connectivity index (χ4v) is 1.98. The Morgan fingerprint density at radius 1 is 1.38 bits per heavy atom. The van der Waals surface area contributed by atoms with Crippen LogP contribution in [0.2, 0.25) is 0 Å². The summed E-state index contributed by atoms with van der Waals surface area (Å²) in [4.78, 5) is 23.9. The third-order valence-electron chi connectivity index (χ3n) is 3.27. The number of rotatable bonds is 4. The number of halogens is 3. The van der Waals surface area contributed by atoms with Gasteiger partial charge in [-0.05, 0) is 19.4 Å². The van der Waals surface area contributed by atoms with Gasteiger partial charge in [-0.2, -0.15) is 18.3 Å². The normalized spacial score (nSPS) is 22.8. The molecule has 0 aromatic carbocycles. The molecule has 0 aliphatic carbocycles. The van der Waals surface area contributed by atoms with Crippen LogP contribution in [-0.4, -0.2) is 44.9 Å². The zero-order chi connectivity index (χ0) is 15.8. The number of amides is 3. The number of carbonyl (C=O) groups excluding carboxylic acids is 2. The van der Waals surface area contributed by atoms with Gasteiger partial charge in [0.25, 0.3) is 5.91 Å². The summed E-state index contributed by atoms with van der Waals surface area (Å²) in [6.45, 7) is 0.856. The molecule has 2 rings (SSSR count). The van der Waals surface area contributed by atoms with E-state index in [2.05, 4.69) is 5.10 Å². The van der Waals surface area contributed by atoms with E-state index >= 15 is 0 Å². The van der Waals surface area contributed by atoms with Crippen molar-refractivity contribution >= 4 is 17.8 Å². The fraction of sp³-hybridized carbons (Fsp3) is 0.545. The van der Waals surface area contributed by atoms with Crippen molar-refractivity contribution < 1.29 is 22.8 Å². The molecule has 3 N–H and O–H groups in total. The summed E-state index contributed by atoms with van der Waals surface area (Å²) in [5, 5.41) is 5.58. The number of aromatic nitrogens is 2. The number of hydrogen-bond donors (Lipinski definition) is 2. The number of alkyl halides is 3. The smallest absolute Gasteiger partial charge is 0.382 e. The zero-order valence-electron chi connectivity index (χ0n) is 11.1. The number of urea groups is 1. The van der Waals surface area contributed by atoms with Gasteiger partial charge in [0.1, 0.15) is 5.82 Å². The lowest BCUT2D eigenvalue weighted by Gasteiger charge is -2.24. The molecule has 1 fully saturated rings. The van der Waals surface area contributed by atoms with Crippen LogP contribution in [0.15, 0.2) is 12.3 Å². The summed E-state index contributed by atoms with van der Waals surface area (Å²) in [6.07, 6.45) is -2.97. The van der Waals surface area contributed by atoms with Gasteiger partial charge in [0.05, 0.1) is 0 Å². The second-order valence-corrected chi connectivity index (χ2v) is 4.87. The van der Waals surface area contributed by atoms with Crippen LogP contribution in [0.3, 0.4) is 0 Å². The van der Waals surface area contributed by atoms with Crippen molar-refractivity contribution in [1.29, 1.82) is 0 Å². The van der Waals surface area contributed by atoms with E-state index in [9.17, 15) is 22.8 Å². The highest BCUT2D eigenvalue weighted by Gasteiger charge is 2.64. The molecule has 3 amide bonds. The van der Waals surface area contributed by atoms with E-state index in [0.717, 1.165) is 0 Å². The van der Waals surface area contributed by atoms with Crippen LogP contribution >= 0.6 is 0 Å². The van der Waals surface area contributed by atoms with Crippen LogP contribution in [0.1, 0.15) is 13.3 Å². The summed E-state index contributed by atoms with van der Waals surface area (Å²) in [6, 6.07) is 0.522. The molecular weight excluding hydrogens is 291 g/mol. The highest BCUT2D eigenvalue weighted by molar-refractivity contribution is 6.07. The highest BCUT2D eigenvalue weighted by Crippen LogP contribution is 2.35. The average molecular weight is 305 g/mol. The maximum Gasteiger partial charge on any atom is 0.420 e. The molecule has 10 heteroatoms. The van der Waals surface area contributed by atoms with Gasteiger partial charge in [-0.3, -0.25) is 14.4 Å². The van der Waals surface area contributed by atoms with Gasteiger partial charge >= 0.3 is 12.2 Å². The minimum atomic E-state index is -4.84. The molecule has 1 aromatic rings. The molecule has 0 spiro atoms. The number of aryl methyl sites for hydroxylation is 1. The summed E-state index contributed by atoms with van der Waals surface area (Å²) in [5.41, 5.74) is 2.55. The third-order valence-corrected chi connectivity index (χ3v) is 3.27. The molecule has 21 heavy (non-hydrogen) atoms. The largest absolute Gasteiger partial charge is 0.420 e. The Morgan fingerprint density at radius 3 is 2.52 bits per heavy atom.